The maximum atomic E-state index is 4.57. The Morgan fingerprint density at radius 2 is 2.16 bits per heavy atom. The minimum Gasteiger partial charge on any atom is -0.307 e. The third-order valence-electron chi connectivity index (χ3n) is 3.24. The molecule has 0 aromatic carbocycles. The fourth-order valence-corrected chi connectivity index (χ4v) is 3.15. The van der Waals surface area contributed by atoms with Crippen LogP contribution in [0.1, 0.15) is 21.0 Å². The molecule has 3 nitrogen and oxygen atoms in total. The quantitative estimate of drug-likeness (QED) is 0.789. The lowest BCUT2D eigenvalue weighted by Gasteiger charge is -1.99. The highest BCUT2D eigenvalue weighted by Gasteiger charge is 2.03. The molecular weight excluding hydrogens is 254 g/mol. The number of aromatic nitrogens is 2. The van der Waals surface area contributed by atoms with E-state index in [1.165, 1.54) is 15.3 Å². The third-order valence-corrected chi connectivity index (χ3v) is 4.39. The summed E-state index contributed by atoms with van der Waals surface area (Å²) in [5, 5.41) is 3.45. The van der Waals surface area contributed by atoms with Crippen molar-refractivity contribution in [2.75, 3.05) is 0 Å². The van der Waals surface area contributed by atoms with Crippen LogP contribution in [0.25, 0.3) is 5.65 Å². The molecule has 0 atom stereocenters. The average molecular weight is 271 g/mol. The van der Waals surface area contributed by atoms with Gasteiger partial charge in [0, 0.05) is 35.2 Å². The monoisotopic (exact) mass is 271 g/mol. The summed E-state index contributed by atoms with van der Waals surface area (Å²) in [6.07, 6.45) is 4.10. The molecule has 0 spiro atoms. The Labute approximate surface area is 116 Å². The third kappa shape index (κ3) is 2.69. The van der Waals surface area contributed by atoms with E-state index >= 15 is 0 Å². The van der Waals surface area contributed by atoms with E-state index in [9.17, 15) is 0 Å². The highest BCUT2D eigenvalue weighted by Crippen LogP contribution is 2.20. The molecule has 0 bridgehead atoms. The van der Waals surface area contributed by atoms with Crippen molar-refractivity contribution in [2.45, 2.75) is 26.9 Å². The Hall–Kier alpha value is -1.65. The van der Waals surface area contributed by atoms with Crippen molar-refractivity contribution in [1.29, 1.82) is 0 Å². The van der Waals surface area contributed by atoms with Crippen molar-refractivity contribution in [3.63, 3.8) is 0 Å². The summed E-state index contributed by atoms with van der Waals surface area (Å²) in [4.78, 5) is 7.37. The summed E-state index contributed by atoms with van der Waals surface area (Å²) < 4.78 is 2.05. The highest BCUT2D eigenvalue weighted by molar-refractivity contribution is 7.12. The van der Waals surface area contributed by atoms with Crippen LogP contribution in [-0.2, 0) is 13.1 Å². The second kappa shape index (κ2) is 5.15. The molecule has 0 aliphatic rings. The van der Waals surface area contributed by atoms with E-state index in [1.807, 2.05) is 35.7 Å². The standard InChI is InChI=1S/C15H17N3S/c1-11-7-14(19-12(11)2)9-16-8-13-10-18-6-4-3-5-15(18)17-13/h3-7,10,16H,8-9H2,1-2H3. The number of pyridine rings is 1. The number of thiophene rings is 1. The second-order valence-corrected chi connectivity index (χ2v) is 6.09. The van der Waals surface area contributed by atoms with E-state index in [1.54, 1.807) is 0 Å². The first-order valence-corrected chi connectivity index (χ1v) is 7.23. The zero-order valence-electron chi connectivity index (χ0n) is 11.2. The molecule has 4 heteroatoms. The van der Waals surface area contributed by atoms with Gasteiger partial charge < -0.3 is 9.72 Å². The normalized spacial score (nSPS) is 11.3. The van der Waals surface area contributed by atoms with Crippen molar-refractivity contribution < 1.29 is 0 Å². The summed E-state index contributed by atoms with van der Waals surface area (Å²) in [7, 11) is 0. The fourth-order valence-electron chi connectivity index (χ4n) is 2.12. The van der Waals surface area contributed by atoms with Crippen LogP contribution in [-0.4, -0.2) is 9.38 Å². The highest BCUT2D eigenvalue weighted by atomic mass is 32.1. The number of fused-ring (bicyclic) bond motifs is 1. The first-order chi connectivity index (χ1) is 9.22. The fraction of sp³-hybridized carbons (Fsp3) is 0.267. The zero-order valence-corrected chi connectivity index (χ0v) is 12.0. The Morgan fingerprint density at radius 1 is 1.26 bits per heavy atom. The topological polar surface area (TPSA) is 29.3 Å². The molecule has 0 fully saturated rings. The van der Waals surface area contributed by atoms with E-state index in [0.717, 1.165) is 24.4 Å². The van der Waals surface area contributed by atoms with Crippen LogP contribution in [0.15, 0.2) is 36.7 Å². The molecule has 1 N–H and O–H groups in total. The molecule has 3 heterocycles. The van der Waals surface area contributed by atoms with Gasteiger partial charge in [0.1, 0.15) is 5.65 Å². The van der Waals surface area contributed by atoms with E-state index in [2.05, 4.69) is 40.8 Å². The Morgan fingerprint density at radius 3 is 2.89 bits per heavy atom. The number of imidazole rings is 1. The molecule has 98 valence electrons. The maximum absolute atomic E-state index is 4.57. The molecule has 0 unspecified atom stereocenters. The molecule has 3 aromatic heterocycles. The Kier molecular flexibility index (Phi) is 3.36. The van der Waals surface area contributed by atoms with Crippen molar-refractivity contribution in [3.05, 3.63) is 57.7 Å². The lowest BCUT2D eigenvalue weighted by Crippen LogP contribution is -2.11. The van der Waals surface area contributed by atoms with Crippen molar-refractivity contribution in [2.24, 2.45) is 0 Å². The number of hydrogen-bond acceptors (Lipinski definition) is 3. The molecule has 0 aliphatic carbocycles. The summed E-state index contributed by atoms with van der Waals surface area (Å²) in [5.41, 5.74) is 3.47. The van der Waals surface area contributed by atoms with E-state index in [-0.39, 0.29) is 0 Å². The predicted molar refractivity (Wildman–Crippen MR) is 79.5 cm³/mol. The number of aryl methyl sites for hydroxylation is 2. The van der Waals surface area contributed by atoms with Crippen molar-refractivity contribution >= 4 is 17.0 Å². The number of nitrogens with zero attached hydrogens (tertiary/aromatic N) is 2. The molecule has 0 saturated heterocycles. The van der Waals surface area contributed by atoms with Gasteiger partial charge in [0.2, 0.25) is 0 Å². The average Bonchev–Trinajstić information content (AvgIpc) is 2.93. The molecule has 0 aliphatic heterocycles. The number of rotatable bonds is 4. The summed E-state index contributed by atoms with van der Waals surface area (Å²) in [6.45, 7) is 6.05. The van der Waals surface area contributed by atoms with Gasteiger partial charge in [0.05, 0.1) is 5.69 Å². The van der Waals surface area contributed by atoms with E-state index in [0.29, 0.717) is 0 Å². The zero-order chi connectivity index (χ0) is 13.2. The van der Waals surface area contributed by atoms with Crippen LogP contribution in [0, 0.1) is 13.8 Å². The molecule has 19 heavy (non-hydrogen) atoms. The van der Waals surface area contributed by atoms with Gasteiger partial charge in [-0.25, -0.2) is 4.98 Å². The van der Waals surface area contributed by atoms with E-state index < -0.39 is 0 Å². The van der Waals surface area contributed by atoms with Gasteiger partial charge in [-0.2, -0.15) is 0 Å². The number of hydrogen-bond donors (Lipinski definition) is 1. The molecule has 0 amide bonds. The van der Waals surface area contributed by atoms with Gasteiger partial charge in [0.25, 0.3) is 0 Å². The maximum Gasteiger partial charge on any atom is 0.137 e. The van der Waals surface area contributed by atoms with E-state index in [4.69, 9.17) is 0 Å². The SMILES string of the molecule is Cc1cc(CNCc2cn3ccccc3n2)sc1C. The molecule has 0 radical (unpaired) electrons. The smallest absolute Gasteiger partial charge is 0.137 e. The van der Waals surface area contributed by atoms with Crippen LogP contribution in [0.4, 0.5) is 0 Å². The van der Waals surface area contributed by atoms with Gasteiger partial charge in [-0.3, -0.25) is 0 Å². The van der Waals surface area contributed by atoms with Gasteiger partial charge in [-0.15, -0.1) is 11.3 Å². The van der Waals surface area contributed by atoms with Gasteiger partial charge >= 0.3 is 0 Å². The predicted octanol–water partition coefficient (Wildman–Crippen LogP) is 3.30. The first-order valence-electron chi connectivity index (χ1n) is 6.41. The number of nitrogens with one attached hydrogen (secondary N) is 1. The molecule has 3 rings (SSSR count). The second-order valence-electron chi connectivity index (χ2n) is 4.75. The van der Waals surface area contributed by atoms with Crippen LogP contribution < -0.4 is 5.32 Å². The molecule has 3 aromatic rings. The largest absolute Gasteiger partial charge is 0.307 e. The minimum atomic E-state index is 0.803. The molecule has 0 saturated carbocycles. The van der Waals surface area contributed by atoms with Crippen LogP contribution in [0.5, 0.6) is 0 Å². The van der Waals surface area contributed by atoms with Crippen LogP contribution in [0.2, 0.25) is 0 Å². The lowest BCUT2D eigenvalue weighted by atomic mass is 10.3. The minimum absolute atomic E-state index is 0.803. The van der Waals surface area contributed by atoms with Crippen molar-refractivity contribution in [3.8, 4) is 0 Å². The Bertz CT molecular complexity index is 644. The Balaban J connectivity index is 1.63. The van der Waals surface area contributed by atoms with Gasteiger partial charge in [0.15, 0.2) is 0 Å². The summed E-state index contributed by atoms with van der Waals surface area (Å²) >= 11 is 1.87. The first kappa shape index (κ1) is 12.4. The van der Waals surface area contributed by atoms with Crippen molar-refractivity contribution in [1.82, 2.24) is 14.7 Å². The van der Waals surface area contributed by atoms with Crippen LogP contribution >= 0.6 is 11.3 Å². The van der Waals surface area contributed by atoms with Gasteiger partial charge in [-0.05, 0) is 37.6 Å². The summed E-state index contributed by atoms with van der Waals surface area (Å²) in [5.74, 6) is 0. The molecular formula is C15H17N3S. The summed E-state index contributed by atoms with van der Waals surface area (Å²) in [6, 6.07) is 8.31. The van der Waals surface area contributed by atoms with Crippen LogP contribution in [0.3, 0.4) is 0 Å². The van der Waals surface area contributed by atoms with Gasteiger partial charge in [-0.1, -0.05) is 6.07 Å². The lowest BCUT2D eigenvalue weighted by molar-refractivity contribution is 0.689.